The van der Waals surface area contributed by atoms with Crippen LogP contribution in [0.5, 0.6) is 5.75 Å². The highest BCUT2D eigenvalue weighted by Crippen LogP contribution is 2.18. The summed E-state index contributed by atoms with van der Waals surface area (Å²) < 4.78 is 5.51. The lowest BCUT2D eigenvalue weighted by atomic mass is 10.1. The molecule has 1 amide bonds. The van der Waals surface area contributed by atoms with E-state index in [1.54, 1.807) is 0 Å². The molecule has 0 saturated heterocycles. The number of aryl methyl sites for hydroxylation is 2. The number of amides is 1. The van der Waals surface area contributed by atoms with Crippen molar-refractivity contribution in [3.8, 4) is 17.6 Å². The third-order valence-corrected chi connectivity index (χ3v) is 3.07. The molecule has 0 unspecified atom stereocenters. The highest BCUT2D eigenvalue weighted by molar-refractivity contribution is 5.77. The smallest absolute Gasteiger partial charge is 0.258 e. The van der Waals surface area contributed by atoms with Crippen LogP contribution < -0.4 is 10.1 Å². The molecular weight excluding hydrogens is 274 g/mol. The molecule has 112 valence electrons. The quantitative estimate of drug-likeness (QED) is 0.880. The van der Waals surface area contributed by atoms with Crippen molar-refractivity contribution in [3.63, 3.8) is 0 Å². The fraction of sp³-hybridized carbons (Fsp3) is 0.211. The Balaban J connectivity index is 1.76. The Hall–Kier alpha value is -2.73. The van der Waals surface area contributed by atoms with Crippen molar-refractivity contribution in [1.82, 2.24) is 5.32 Å². The number of hydrogen-bond donors (Lipinski definition) is 1. The first-order valence-electron chi connectivity index (χ1n) is 7.16. The maximum atomic E-state index is 11.7. The molecule has 0 heterocycles. The molecule has 2 rings (SSSR count). The minimum absolute atomic E-state index is 0.00306. The zero-order valence-electron chi connectivity index (χ0n) is 12.8. The predicted octanol–water partition coefficient (Wildman–Crippen LogP) is 2.85. The molecule has 0 radical (unpaired) electrons. The van der Waals surface area contributed by atoms with Crippen molar-refractivity contribution >= 4 is 5.91 Å². The summed E-state index contributed by atoms with van der Waals surface area (Å²) in [5, 5.41) is 2.72. The van der Waals surface area contributed by atoms with Gasteiger partial charge in [0.25, 0.3) is 5.91 Å². The van der Waals surface area contributed by atoms with Crippen LogP contribution in [0.2, 0.25) is 0 Å². The lowest BCUT2D eigenvalue weighted by molar-refractivity contribution is -0.122. The Morgan fingerprint density at radius 3 is 2.64 bits per heavy atom. The van der Waals surface area contributed by atoms with Crippen LogP contribution in [0.4, 0.5) is 0 Å². The monoisotopic (exact) mass is 293 g/mol. The number of nitrogens with one attached hydrogen (secondary N) is 1. The van der Waals surface area contributed by atoms with Crippen LogP contribution in [0.3, 0.4) is 0 Å². The largest absolute Gasteiger partial charge is 0.484 e. The van der Waals surface area contributed by atoms with Crippen LogP contribution in [0.1, 0.15) is 16.7 Å². The lowest BCUT2D eigenvalue weighted by Gasteiger charge is -2.09. The van der Waals surface area contributed by atoms with E-state index in [0.717, 1.165) is 16.9 Å². The van der Waals surface area contributed by atoms with Crippen molar-refractivity contribution in [2.24, 2.45) is 0 Å². The van der Waals surface area contributed by atoms with Gasteiger partial charge in [-0.15, -0.1) is 0 Å². The number of rotatable bonds is 4. The molecule has 0 aliphatic carbocycles. The molecule has 0 bridgehead atoms. The second-order valence-electron chi connectivity index (χ2n) is 5.00. The third-order valence-electron chi connectivity index (χ3n) is 3.07. The number of carbonyl (C=O) groups excluding carboxylic acids is 1. The number of carbonyl (C=O) groups is 1. The molecule has 1 N–H and O–H groups in total. The van der Waals surface area contributed by atoms with Crippen molar-refractivity contribution in [1.29, 1.82) is 0 Å². The van der Waals surface area contributed by atoms with E-state index in [4.69, 9.17) is 4.74 Å². The summed E-state index contributed by atoms with van der Waals surface area (Å²) in [4.78, 5) is 11.7. The van der Waals surface area contributed by atoms with Crippen LogP contribution >= 0.6 is 0 Å². The highest BCUT2D eigenvalue weighted by atomic mass is 16.5. The molecule has 22 heavy (non-hydrogen) atoms. The topological polar surface area (TPSA) is 38.3 Å². The molecule has 0 aromatic heterocycles. The average molecular weight is 293 g/mol. The maximum absolute atomic E-state index is 11.7. The Morgan fingerprint density at radius 2 is 1.91 bits per heavy atom. The van der Waals surface area contributed by atoms with Crippen LogP contribution in [0.15, 0.2) is 48.5 Å². The second kappa shape index (κ2) is 7.90. The van der Waals surface area contributed by atoms with Gasteiger partial charge in [-0.2, -0.15) is 0 Å². The van der Waals surface area contributed by atoms with Crippen molar-refractivity contribution in [2.75, 3.05) is 13.2 Å². The summed E-state index contributed by atoms with van der Waals surface area (Å²) in [6.07, 6.45) is 0. The normalized spacial score (nSPS) is 9.55. The highest BCUT2D eigenvalue weighted by Gasteiger charge is 2.03. The fourth-order valence-electron chi connectivity index (χ4n) is 1.97. The molecule has 3 nitrogen and oxygen atoms in total. The summed E-state index contributed by atoms with van der Waals surface area (Å²) in [6.45, 7) is 4.29. The van der Waals surface area contributed by atoms with E-state index < -0.39 is 0 Å². The van der Waals surface area contributed by atoms with Crippen molar-refractivity contribution in [3.05, 3.63) is 65.2 Å². The fourth-order valence-corrected chi connectivity index (χ4v) is 1.97. The number of benzene rings is 2. The van der Waals surface area contributed by atoms with Crippen molar-refractivity contribution < 1.29 is 9.53 Å². The molecule has 2 aromatic carbocycles. The van der Waals surface area contributed by atoms with Crippen LogP contribution in [0, 0.1) is 25.7 Å². The standard InChI is InChI=1S/C19H19NO2/c1-15-10-11-18(16(2)13-15)22-14-19(21)20-12-6-9-17-7-4-3-5-8-17/h3-5,7-8,10-11,13H,12,14H2,1-2H3,(H,20,21). The van der Waals surface area contributed by atoms with Crippen LogP contribution in [-0.2, 0) is 4.79 Å². The Labute approximate surface area is 131 Å². The summed E-state index contributed by atoms with van der Waals surface area (Å²) in [6, 6.07) is 15.5. The molecule has 0 atom stereocenters. The third kappa shape index (κ3) is 4.99. The molecule has 0 fully saturated rings. The van der Waals surface area contributed by atoms with E-state index in [0.29, 0.717) is 6.54 Å². The van der Waals surface area contributed by atoms with Gasteiger partial charge in [0.15, 0.2) is 6.61 Å². The molecule has 3 heteroatoms. The average Bonchev–Trinajstić information content (AvgIpc) is 2.52. The number of ether oxygens (including phenoxy) is 1. The van der Waals surface area contributed by atoms with Gasteiger partial charge in [0.2, 0.25) is 0 Å². The van der Waals surface area contributed by atoms with Gasteiger partial charge in [0, 0.05) is 5.56 Å². The first-order valence-corrected chi connectivity index (χ1v) is 7.16. The zero-order chi connectivity index (χ0) is 15.8. The van der Waals surface area contributed by atoms with E-state index >= 15 is 0 Å². The minimum atomic E-state index is -0.178. The molecule has 2 aromatic rings. The zero-order valence-corrected chi connectivity index (χ0v) is 12.8. The van der Waals surface area contributed by atoms with E-state index in [1.165, 1.54) is 5.56 Å². The Morgan fingerprint density at radius 1 is 1.14 bits per heavy atom. The maximum Gasteiger partial charge on any atom is 0.258 e. The first kappa shape index (κ1) is 15.7. The van der Waals surface area contributed by atoms with Gasteiger partial charge >= 0.3 is 0 Å². The van der Waals surface area contributed by atoms with Crippen LogP contribution in [0.25, 0.3) is 0 Å². The van der Waals surface area contributed by atoms with Gasteiger partial charge in [0.1, 0.15) is 5.75 Å². The summed E-state index contributed by atoms with van der Waals surface area (Å²) in [5.41, 5.74) is 3.13. The summed E-state index contributed by atoms with van der Waals surface area (Å²) >= 11 is 0. The molecule has 0 aliphatic heterocycles. The second-order valence-corrected chi connectivity index (χ2v) is 5.00. The Kier molecular flexibility index (Phi) is 5.62. The van der Waals surface area contributed by atoms with Gasteiger partial charge < -0.3 is 10.1 Å². The van der Waals surface area contributed by atoms with Crippen LogP contribution in [-0.4, -0.2) is 19.1 Å². The predicted molar refractivity (Wildman–Crippen MR) is 87.7 cm³/mol. The lowest BCUT2D eigenvalue weighted by Crippen LogP contribution is -2.29. The Bertz CT molecular complexity index is 696. The summed E-state index contributed by atoms with van der Waals surface area (Å²) in [7, 11) is 0. The molecule has 0 saturated carbocycles. The van der Waals surface area contributed by atoms with E-state index in [-0.39, 0.29) is 12.5 Å². The van der Waals surface area contributed by atoms with Crippen molar-refractivity contribution in [2.45, 2.75) is 13.8 Å². The van der Waals surface area contributed by atoms with Gasteiger partial charge in [-0.3, -0.25) is 4.79 Å². The summed E-state index contributed by atoms with van der Waals surface area (Å²) in [5.74, 6) is 6.45. The van der Waals surface area contributed by atoms with E-state index in [1.807, 2.05) is 62.4 Å². The minimum Gasteiger partial charge on any atom is -0.484 e. The van der Waals surface area contributed by atoms with Gasteiger partial charge in [-0.05, 0) is 37.6 Å². The van der Waals surface area contributed by atoms with E-state index in [2.05, 4.69) is 17.2 Å². The molecule has 0 spiro atoms. The molecular formula is C19H19NO2. The van der Waals surface area contributed by atoms with E-state index in [9.17, 15) is 4.79 Å². The van der Waals surface area contributed by atoms with Gasteiger partial charge in [0.05, 0.1) is 6.54 Å². The number of hydrogen-bond acceptors (Lipinski definition) is 2. The molecule has 0 aliphatic rings. The van der Waals surface area contributed by atoms with Gasteiger partial charge in [-0.1, -0.05) is 47.7 Å². The SMILES string of the molecule is Cc1ccc(OCC(=O)NCC#Cc2ccccc2)c(C)c1. The van der Waals surface area contributed by atoms with Gasteiger partial charge in [-0.25, -0.2) is 0 Å². The first-order chi connectivity index (χ1) is 10.6.